The summed E-state index contributed by atoms with van der Waals surface area (Å²) in [5.74, 6) is -0.552. The molecule has 4 aromatic rings. The zero-order chi connectivity index (χ0) is 25.9. The van der Waals surface area contributed by atoms with Crippen LogP contribution in [0.25, 0.3) is 5.69 Å². The lowest BCUT2D eigenvalue weighted by Crippen LogP contribution is -2.30. The molecule has 0 spiro atoms. The van der Waals surface area contributed by atoms with Gasteiger partial charge in [0.25, 0.3) is 0 Å². The maximum Gasteiger partial charge on any atom is 0.339 e. The highest BCUT2D eigenvalue weighted by Gasteiger charge is 2.42. The summed E-state index contributed by atoms with van der Waals surface area (Å²) in [6, 6.07) is 24.0. The number of rotatable bonds is 6. The first kappa shape index (κ1) is 24.2. The first-order valence-electron chi connectivity index (χ1n) is 11.7. The molecular weight excluding hydrogens is 486 g/mol. The number of para-hydroxylation sites is 1. The number of carbonyl (C=O) groups excluding carboxylic acids is 2. The topological polar surface area (TPSA) is 88.5 Å². The third-order valence-corrected chi connectivity index (χ3v) is 6.53. The van der Waals surface area contributed by atoms with E-state index >= 15 is 0 Å². The molecule has 1 amide bonds. The summed E-state index contributed by atoms with van der Waals surface area (Å²) < 4.78 is 7.03. The van der Waals surface area contributed by atoms with E-state index in [4.69, 9.17) is 17.0 Å². The molecule has 37 heavy (non-hydrogen) atoms. The van der Waals surface area contributed by atoms with Crippen LogP contribution in [0.4, 0.5) is 11.4 Å². The quantitative estimate of drug-likeness (QED) is 0.284. The third kappa shape index (κ3) is 4.68. The largest absolute Gasteiger partial charge is 0.465 e. The van der Waals surface area contributed by atoms with E-state index in [0.717, 1.165) is 17.1 Å². The lowest BCUT2D eigenvalue weighted by molar-refractivity contribution is -0.114. The third-order valence-electron chi connectivity index (χ3n) is 6.22. The van der Waals surface area contributed by atoms with E-state index < -0.39 is 5.97 Å². The van der Waals surface area contributed by atoms with E-state index in [1.165, 1.54) is 14.0 Å². The van der Waals surface area contributed by atoms with Gasteiger partial charge in [0.15, 0.2) is 5.11 Å². The van der Waals surface area contributed by atoms with Crippen molar-refractivity contribution in [1.82, 2.24) is 14.9 Å². The van der Waals surface area contributed by atoms with Gasteiger partial charge in [0.1, 0.15) is 6.04 Å². The molecule has 2 atom stereocenters. The molecule has 2 aromatic heterocycles. The average Bonchev–Trinajstić information content (AvgIpc) is 3.53. The highest BCUT2D eigenvalue weighted by atomic mass is 32.1. The summed E-state index contributed by atoms with van der Waals surface area (Å²) >= 11 is 5.83. The number of hydrogen-bond donors (Lipinski definition) is 2. The Balaban J connectivity index is 1.64. The molecule has 1 aliphatic rings. The molecule has 0 unspecified atom stereocenters. The molecule has 0 bridgehead atoms. The predicted octanol–water partition coefficient (Wildman–Crippen LogP) is 4.79. The molecule has 5 rings (SSSR count). The molecule has 2 N–H and O–H groups in total. The first-order valence-corrected chi connectivity index (χ1v) is 12.1. The zero-order valence-electron chi connectivity index (χ0n) is 20.3. The van der Waals surface area contributed by atoms with Crippen LogP contribution in [0.1, 0.15) is 40.8 Å². The van der Waals surface area contributed by atoms with Crippen molar-refractivity contribution in [3.8, 4) is 5.69 Å². The highest BCUT2D eigenvalue weighted by Crippen LogP contribution is 2.42. The molecule has 0 aliphatic carbocycles. The lowest BCUT2D eigenvalue weighted by Gasteiger charge is -2.29. The van der Waals surface area contributed by atoms with E-state index in [1.807, 2.05) is 88.5 Å². The Kier molecular flexibility index (Phi) is 6.70. The minimum atomic E-state index is -0.415. The van der Waals surface area contributed by atoms with Crippen molar-refractivity contribution in [3.05, 3.63) is 108 Å². The number of nitrogens with one attached hydrogen (secondary N) is 2. The number of carbonyl (C=O) groups is 2. The van der Waals surface area contributed by atoms with Gasteiger partial charge in [0, 0.05) is 36.4 Å². The number of hydrogen-bond acceptors (Lipinski definition) is 5. The van der Waals surface area contributed by atoms with Crippen molar-refractivity contribution in [2.24, 2.45) is 0 Å². The van der Waals surface area contributed by atoms with Crippen molar-refractivity contribution in [1.29, 1.82) is 0 Å². The number of thiocarbonyl (C=S) groups is 1. The summed E-state index contributed by atoms with van der Waals surface area (Å²) in [6.07, 6.45) is 3.68. The summed E-state index contributed by atoms with van der Waals surface area (Å²) in [5.41, 5.74) is 4.45. The molecule has 0 radical (unpaired) electrons. The fraction of sp³-hybridized carbons (Fsp3) is 0.143. The lowest BCUT2D eigenvalue weighted by atomic mass is 10.0. The van der Waals surface area contributed by atoms with Crippen molar-refractivity contribution in [2.75, 3.05) is 17.3 Å². The fourth-order valence-electron chi connectivity index (χ4n) is 4.66. The minimum absolute atomic E-state index is 0.138. The van der Waals surface area contributed by atoms with Crippen LogP contribution in [0, 0.1) is 0 Å². The number of methoxy groups -OCH3 is 1. The van der Waals surface area contributed by atoms with Crippen LogP contribution >= 0.6 is 12.2 Å². The maximum absolute atomic E-state index is 12.6. The Labute approximate surface area is 219 Å². The maximum atomic E-state index is 12.6. The second-order valence-electron chi connectivity index (χ2n) is 8.54. The van der Waals surface area contributed by atoms with Gasteiger partial charge in [-0.25, -0.2) is 4.79 Å². The van der Waals surface area contributed by atoms with Crippen molar-refractivity contribution in [3.63, 3.8) is 0 Å². The first-order chi connectivity index (χ1) is 18.0. The molecule has 3 heterocycles. The normalized spacial score (nSPS) is 16.8. The minimum Gasteiger partial charge on any atom is -0.465 e. The number of anilines is 2. The number of nitrogens with zero attached hydrogens (tertiary/aromatic N) is 3. The number of ether oxygens (including phenoxy) is 1. The number of amides is 1. The number of pyridine rings is 1. The van der Waals surface area contributed by atoms with E-state index in [1.54, 1.807) is 12.3 Å². The van der Waals surface area contributed by atoms with Crippen LogP contribution < -0.4 is 15.5 Å². The van der Waals surface area contributed by atoms with Gasteiger partial charge in [-0.1, -0.05) is 18.2 Å². The molecule has 0 saturated carbocycles. The Morgan fingerprint density at radius 3 is 2.46 bits per heavy atom. The molecule has 1 saturated heterocycles. The SMILES string of the molecule is COC(=O)c1ccccc1-n1cccc1[C@@H]1[C@H](c2ccccn2)NC(=S)N1c1ccc(NC(C)=O)cc1. The van der Waals surface area contributed by atoms with Crippen molar-refractivity contribution < 1.29 is 14.3 Å². The van der Waals surface area contributed by atoms with Crippen LogP contribution in [0.15, 0.2) is 91.3 Å². The van der Waals surface area contributed by atoms with Crippen LogP contribution in [0.3, 0.4) is 0 Å². The number of benzene rings is 2. The van der Waals surface area contributed by atoms with Gasteiger partial charge in [0.2, 0.25) is 5.91 Å². The van der Waals surface area contributed by atoms with E-state index in [-0.39, 0.29) is 18.0 Å². The smallest absolute Gasteiger partial charge is 0.339 e. The van der Waals surface area contributed by atoms with Gasteiger partial charge in [-0.2, -0.15) is 0 Å². The monoisotopic (exact) mass is 511 g/mol. The van der Waals surface area contributed by atoms with Crippen molar-refractivity contribution >= 4 is 40.6 Å². The van der Waals surface area contributed by atoms with E-state index in [9.17, 15) is 9.59 Å². The van der Waals surface area contributed by atoms with Crippen LogP contribution in [0.5, 0.6) is 0 Å². The van der Waals surface area contributed by atoms with Crippen LogP contribution in [-0.4, -0.2) is 33.6 Å². The summed E-state index contributed by atoms with van der Waals surface area (Å²) in [5, 5.41) is 6.79. The molecule has 8 nitrogen and oxygen atoms in total. The predicted molar refractivity (Wildman–Crippen MR) is 146 cm³/mol. The standard InChI is InChI=1S/C28H25N5O3S/c1-18(34)30-19-12-14-20(15-13-19)33-26(25(31-28(33)37)22-9-5-6-16-29-22)24-11-7-17-32(24)23-10-4-3-8-21(23)27(35)36-2/h3-17,25-26H,1-2H3,(H,30,34)(H,31,37)/t25-,26+/m0/s1. The molecule has 9 heteroatoms. The Hall–Kier alpha value is -4.50. The van der Waals surface area contributed by atoms with Crippen molar-refractivity contribution in [2.45, 2.75) is 19.0 Å². The Bertz CT molecular complexity index is 1450. The zero-order valence-corrected chi connectivity index (χ0v) is 21.1. The summed E-state index contributed by atoms with van der Waals surface area (Å²) in [6.45, 7) is 1.47. The van der Waals surface area contributed by atoms with Gasteiger partial charge >= 0.3 is 5.97 Å². The molecule has 1 aliphatic heterocycles. The van der Waals surface area contributed by atoms with E-state index in [0.29, 0.717) is 22.1 Å². The molecule has 186 valence electrons. The Morgan fingerprint density at radius 2 is 1.76 bits per heavy atom. The second kappa shape index (κ2) is 10.2. The van der Waals surface area contributed by atoms with Gasteiger partial charge in [-0.15, -0.1) is 0 Å². The average molecular weight is 512 g/mol. The molecular formula is C28H25N5O3S. The second-order valence-corrected chi connectivity index (χ2v) is 8.92. The van der Waals surface area contributed by atoms with Gasteiger partial charge < -0.3 is 24.8 Å². The number of aromatic nitrogens is 2. The molecule has 2 aromatic carbocycles. The highest BCUT2D eigenvalue weighted by molar-refractivity contribution is 7.80. The van der Waals surface area contributed by atoms with Gasteiger partial charge in [0.05, 0.1) is 30.1 Å². The fourth-order valence-corrected chi connectivity index (χ4v) is 5.01. The van der Waals surface area contributed by atoms with E-state index in [2.05, 4.69) is 15.6 Å². The number of esters is 1. The van der Waals surface area contributed by atoms with Crippen LogP contribution in [0.2, 0.25) is 0 Å². The molecule has 1 fully saturated rings. The summed E-state index contributed by atoms with van der Waals surface area (Å²) in [7, 11) is 1.37. The Morgan fingerprint density at radius 1 is 1.00 bits per heavy atom. The van der Waals surface area contributed by atoms with Gasteiger partial charge in [-0.3, -0.25) is 9.78 Å². The van der Waals surface area contributed by atoms with Crippen LogP contribution in [-0.2, 0) is 9.53 Å². The summed E-state index contributed by atoms with van der Waals surface area (Å²) in [4.78, 5) is 30.7. The van der Waals surface area contributed by atoms with Gasteiger partial charge in [-0.05, 0) is 72.9 Å².